The molecule has 2 aromatic carbocycles. The minimum Gasteiger partial charge on any atom is -0.497 e. The van der Waals surface area contributed by atoms with Gasteiger partial charge >= 0.3 is 0 Å². The Morgan fingerprint density at radius 1 is 1.00 bits per heavy atom. The van der Waals surface area contributed by atoms with Crippen LogP contribution in [0.15, 0.2) is 60.9 Å². The summed E-state index contributed by atoms with van der Waals surface area (Å²) in [5, 5.41) is 0. The van der Waals surface area contributed by atoms with Gasteiger partial charge in [-0.1, -0.05) is 0 Å². The number of nitrogens with zero attached hydrogens (tertiary/aromatic N) is 2. The first-order chi connectivity index (χ1) is 13.9. The maximum absolute atomic E-state index is 12.9. The SMILES string of the molecule is COc1ccc(-c2cc(CNS(=O)(=O)CCOc3ccc(F)cc3)ncn2)cc1. The average molecular weight is 417 g/mol. The second kappa shape index (κ2) is 9.44. The second-order valence-electron chi connectivity index (χ2n) is 6.07. The summed E-state index contributed by atoms with van der Waals surface area (Å²) >= 11 is 0. The molecule has 1 aromatic heterocycles. The number of rotatable bonds is 9. The largest absolute Gasteiger partial charge is 0.497 e. The molecule has 0 saturated heterocycles. The van der Waals surface area contributed by atoms with Gasteiger partial charge in [-0.05, 0) is 54.6 Å². The van der Waals surface area contributed by atoms with Gasteiger partial charge in [-0.2, -0.15) is 0 Å². The maximum atomic E-state index is 12.9. The van der Waals surface area contributed by atoms with Gasteiger partial charge in [0.05, 0.1) is 30.8 Å². The van der Waals surface area contributed by atoms with E-state index in [1.165, 1.54) is 30.6 Å². The molecule has 0 spiro atoms. The van der Waals surface area contributed by atoms with E-state index in [0.29, 0.717) is 17.1 Å². The molecule has 0 aliphatic rings. The number of ether oxygens (including phenoxy) is 2. The first-order valence-electron chi connectivity index (χ1n) is 8.76. The molecule has 0 radical (unpaired) electrons. The number of sulfonamides is 1. The topological polar surface area (TPSA) is 90.4 Å². The fourth-order valence-corrected chi connectivity index (χ4v) is 3.28. The molecule has 0 aliphatic heterocycles. The molecule has 0 amide bonds. The second-order valence-corrected chi connectivity index (χ2v) is 7.99. The molecule has 3 aromatic rings. The van der Waals surface area contributed by atoms with Crippen LogP contribution in [0.3, 0.4) is 0 Å². The van der Waals surface area contributed by atoms with Gasteiger partial charge in [-0.25, -0.2) is 27.5 Å². The fraction of sp³-hybridized carbons (Fsp3) is 0.200. The van der Waals surface area contributed by atoms with Crippen LogP contribution >= 0.6 is 0 Å². The van der Waals surface area contributed by atoms with Gasteiger partial charge < -0.3 is 9.47 Å². The minimum absolute atomic E-state index is 0.0323. The van der Waals surface area contributed by atoms with E-state index in [0.717, 1.165) is 11.3 Å². The van der Waals surface area contributed by atoms with Gasteiger partial charge in [0.1, 0.15) is 30.3 Å². The molecule has 0 unspecified atom stereocenters. The van der Waals surface area contributed by atoms with Crippen LogP contribution in [-0.2, 0) is 16.6 Å². The molecule has 29 heavy (non-hydrogen) atoms. The number of aromatic nitrogens is 2. The summed E-state index contributed by atoms with van der Waals surface area (Å²) in [7, 11) is -1.98. The van der Waals surface area contributed by atoms with Gasteiger partial charge in [0.15, 0.2) is 0 Å². The van der Waals surface area contributed by atoms with Crippen molar-refractivity contribution in [3.05, 3.63) is 72.4 Å². The third kappa shape index (κ3) is 6.23. The summed E-state index contributed by atoms with van der Waals surface area (Å²) in [5.74, 6) is 0.520. The van der Waals surface area contributed by atoms with Gasteiger partial charge in [-0.3, -0.25) is 0 Å². The average Bonchev–Trinajstić information content (AvgIpc) is 2.74. The molecular weight excluding hydrogens is 397 g/mol. The summed E-state index contributed by atoms with van der Waals surface area (Å²) in [4.78, 5) is 8.33. The normalized spacial score (nSPS) is 11.2. The van der Waals surface area contributed by atoms with Gasteiger partial charge in [0, 0.05) is 5.56 Å². The van der Waals surface area contributed by atoms with Crippen molar-refractivity contribution in [1.29, 1.82) is 0 Å². The lowest BCUT2D eigenvalue weighted by molar-refractivity contribution is 0.339. The lowest BCUT2D eigenvalue weighted by Gasteiger charge is -2.09. The standard InChI is InChI=1S/C20H20FN3O4S/c1-27-18-6-2-15(3-7-18)20-12-17(22-14-23-20)13-24-29(25,26)11-10-28-19-8-4-16(21)5-9-19/h2-9,12,14,24H,10-11,13H2,1H3. The Balaban J connectivity index is 1.54. The van der Waals surface area contributed by atoms with E-state index in [1.807, 2.05) is 24.3 Å². The van der Waals surface area contributed by atoms with Crippen molar-refractivity contribution in [2.75, 3.05) is 19.5 Å². The number of nitrogens with one attached hydrogen (secondary N) is 1. The predicted octanol–water partition coefficient (Wildman–Crippen LogP) is 2.79. The quantitative estimate of drug-likeness (QED) is 0.576. The summed E-state index contributed by atoms with van der Waals surface area (Å²) in [6.07, 6.45) is 1.39. The van der Waals surface area contributed by atoms with E-state index in [2.05, 4.69) is 14.7 Å². The molecule has 9 heteroatoms. The summed E-state index contributed by atoms with van der Waals surface area (Å²) < 4.78 is 50.1. The van der Waals surface area contributed by atoms with Crippen LogP contribution < -0.4 is 14.2 Å². The van der Waals surface area contributed by atoms with Gasteiger partial charge in [0.2, 0.25) is 10.0 Å². The summed E-state index contributed by atoms with van der Waals surface area (Å²) in [6, 6.07) is 14.5. The Kier molecular flexibility index (Phi) is 6.73. The number of methoxy groups -OCH3 is 1. The molecule has 3 rings (SSSR count). The van der Waals surface area contributed by atoms with E-state index in [-0.39, 0.29) is 24.7 Å². The Morgan fingerprint density at radius 2 is 1.69 bits per heavy atom. The highest BCUT2D eigenvalue weighted by Crippen LogP contribution is 2.20. The van der Waals surface area contributed by atoms with Crippen LogP contribution in [0.25, 0.3) is 11.3 Å². The monoisotopic (exact) mass is 417 g/mol. The Labute approximate surface area is 168 Å². The van der Waals surface area contributed by atoms with Crippen molar-refractivity contribution in [1.82, 2.24) is 14.7 Å². The number of benzene rings is 2. The van der Waals surface area contributed by atoms with E-state index in [9.17, 15) is 12.8 Å². The third-order valence-electron chi connectivity index (χ3n) is 4.02. The van der Waals surface area contributed by atoms with Gasteiger partial charge in [-0.15, -0.1) is 0 Å². The van der Waals surface area contributed by atoms with Crippen molar-refractivity contribution in [2.45, 2.75) is 6.54 Å². The number of hydrogen-bond donors (Lipinski definition) is 1. The highest BCUT2D eigenvalue weighted by Gasteiger charge is 2.12. The van der Waals surface area contributed by atoms with Crippen LogP contribution in [0, 0.1) is 5.82 Å². The maximum Gasteiger partial charge on any atom is 0.215 e. The number of halogens is 1. The van der Waals surface area contributed by atoms with Crippen molar-refractivity contribution in [3.8, 4) is 22.8 Å². The van der Waals surface area contributed by atoms with Crippen molar-refractivity contribution in [3.63, 3.8) is 0 Å². The molecular formula is C20H20FN3O4S. The number of hydrogen-bond acceptors (Lipinski definition) is 6. The highest BCUT2D eigenvalue weighted by molar-refractivity contribution is 7.89. The molecule has 0 atom stereocenters. The smallest absolute Gasteiger partial charge is 0.215 e. The zero-order chi connectivity index (χ0) is 20.7. The molecule has 0 aliphatic carbocycles. The summed E-state index contributed by atoms with van der Waals surface area (Å²) in [6.45, 7) is -0.0214. The minimum atomic E-state index is -3.57. The van der Waals surface area contributed by atoms with Gasteiger partial charge in [0.25, 0.3) is 0 Å². The predicted molar refractivity (Wildman–Crippen MR) is 107 cm³/mol. The van der Waals surface area contributed by atoms with E-state index in [1.54, 1.807) is 13.2 Å². The molecule has 1 heterocycles. The Hall–Kier alpha value is -3.04. The lowest BCUT2D eigenvalue weighted by atomic mass is 10.1. The zero-order valence-corrected chi connectivity index (χ0v) is 16.5. The molecule has 1 N–H and O–H groups in total. The molecule has 0 bridgehead atoms. The molecule has 152 valence electrons. The van der Waals surface area contributed by atoms with E-state index < -0.39 is 10.0 Å². The highest BCUT2D eigenvalue weighted by atomic mass is 32.2. The fourth-order valence-electron chi connectivity index (χ4n) is 2.47. The zero-order valence-electron chi connectivity index (χ0n) is 15.7. The molecule has 0 saturated carbocycles. The van der Waals surface area contributed by atoms with E-state index >= 15 is 0 Å². The van der Waals surface area contributed by atoms with E-state index in [4.69, 9.17) is 9.47 Å². The molecule has 7 nitrogen and oxygen atoms in total. The van der Waals surface area contributed by atoms with Crippen LogP contribution in [0.5, 0.6) is 11.5 Å². The summed E-state index contributed by atoms with van der Waals surface area (Å²) in [5.41, 5.74) is 2.08. The first kappa shape index (κ1) is 20.7. The van der Waals surface area contributed by atoms with Crippen LogP contribution in [0.4, 0.5) is 4.39 Å². The Bertz CT molecular complexity index is 1040. The Morgan fingerprint density at radius 3 is 2.38 bits per heavy atom. The van der Waals surface area contributed by atoms with Crippen molar-refractivity contribution < 1.29 is 22.3 Å². The van der Waals surface area contributed by atoms with Crippen LogP contribution in [0.2, 0.25) is 0 Å². The third-order valence-corrected chi connectivity index (χ3v) is 5.31. The van der Waals surface area contributed by atoms with Crippen LogP contribution in [0.1, 0.15) is 5.69 Å². The van der Waals surface area contributed by atoms with Crippen molar-refractivity contribution >= 4 is 10.0 Å². The molecule has 0 fully saturated rings. The van der Waals surface area contributed by atoms with Crippen molar-refractivity contribution in [2.24, 2.45) is 0 Å². The first-order valence-corrected chi connectivity index (χ1v) is 10.4. The van der Waals surface area contributed by atoms with Crippen LogP contribution in [-0.4, -0.2) is 37.9 Å². The lowest BCUT2D eigenvalue weighted by Crippen LogP contribution is -2.29.